The SMILES string of the molecule is Cc1nnc(N/N=C/c2ccccc2Cl)n1N.Cl. The maximum absolute atomic E-state index is 5.96. The topological polar surface area (TPSA) is 81.1 Å². The second-order valence-corrected chi connectivity index (χ2v) is 3.74. The van der Waals surface area contributed by atoms with E-state index in [0.29, 0.717) is 16.8 Å². The van der Waals surface area contributed by atoms with Gasteiger partial charge in [-0.2, -0.15) is 5.10 Å². The van der Waals surface area contributed by atoms with Crippen LogP contribution in [-0.4, -0.2) is 21.1 Å². The predicted octanol–water partition coefficient (Wildman–Crippen LogP) is 1.82. The lowest BCUT2D eigenvalue weighted by Gasteiger charge is -1.99. The Labute approximate surface area is 115 Å². The largest absolute Gasteiger partial charge is 0.335 e. The van der Waals surface area contributed by atoms with Gasteiger partial charge in [-0.25, -0.2) is 10.1 Å². The summed E-state index contributed by atoms with van der Waals surface area (Å²) in [6, 6.07) is 7.38. The quantitative estimate of drug-likeness (QED) is 0.512. The van der Waals surface area contributed by atoms with Crippen LogP contribution in [0.2, 0.25) is 5.02 Å². The summed E-state index contributed by atoms with van der Waals surface area (Å²) in [4.78, 5) is 0. The molecule has 0 aliphatic heterocycles. The van der Waals surface area contributed by atoms with Crippen molar-refractivity contribution in [3.05, 3.63) is 40.7 Å². The van der Waals surface area contributed by atoms with Crippen molar-refractivity contribution in [2.24, 2.45) is 5.10 Å². The number of hydrazone groups is 1. The number of nitrogens with zero attached hydrogens (tertiary/aromatic N) is 4. The zero-order valence-electron chi connectivity index (χ0n) is 9.54. The molecule has 1 aromatic carbocycles. The molecule has 0 bridgehead atoms. The van der Waals surface area contributed by atoms with Gasteiger partial charge in [-0.3, -0.25) is 0 Å². The standard InChI is InChI=1S/C10H11ClN6.ClH/c1-7-14-16-10(17(7)12)15-13-6-8-4-2-3-5-9(8)11;/h2-6H,12H2,1H3,(H,15,16);1H/b13-6+;. The van der Waals surface area contributed by atoms with Gasteiger partial charge < -0.3 is 5.84 Å². The number of rotatable bonds is 3. The Kier molecular flexibility index (Phi) is 4.94. The maximum Gasteiger partial charge on any atom is 0.263 e. The minimum Gasteiger partial charge on any atom is -0.335 e. The number of halogens is 2. The summed E-state index contributed by atoms with van der Waals surface area (Å²) in [5, 5.41) is 12.2. The van der Waals surface area contributed by atoms with Crippen LogP contribution in [0, 0.1) is 6.92 Å². The smallest absolute Gasteiger partial charge is 0.263 e. The van der Waals surface area contributed by atoms with E-state index in [0.717, 1.165) is 5.56 Å². The van der Waals surface area contributed by atoms with Gasteiger partial charge >= 0.3 is 0 Å². The molecule has 96 valence electrons. The van der Waals surface area contributed by atoms with E-state index in [1.165, 1.54) is 4.68 Å². The molecule has 1 heterocycles. The molecule has 0 saturated heterocycles. The average molecular weight is 287 g/mol. The monoisotopic (exact) mass is 286 g/mol. The van der Waals surface area contributed by atoms with Gasteiger partial charge in [0.1, 0.15) is 0 Å². The van der Waals surface area contributed by atoms with Crippen LogP contribution in [0.25, 0.3) is 0 Å². The minimum atomic E-state index is 0. The second-order valence-electron chi connectivity index (χ2n) is 3.33. The summed E-state index contributed by atoms with van der Waals surface area (Å²) in [7, 11) is 0. The first-order valence-corrected chi connectivity index (χ1v) is 5.27. The Morgan fingerprint density at radius 2 is 2.11 bits per heavy atom. The van der Waals surface area contributed by atoms with Crippen molar-refractivity contribution < 1.29 is 0 Å². The Morgan fingerprint density at radius 1 is 1.39 bits per heavy atom. The van der Waals surface area contributed by atoms with Crippen LogP contribution in [0.4, 0.5) is 5.95 Å². The first-order valence-electron chi connectivity index (χ1n) is 4.89. The molecule has 8 heteroatoms. The lowest BCUT2D eigenvalue weighted by Crippen LogP contribution is -2.13. The number of nitrogen functional groups attached to an aromatic ring is 1. The molecule has 3 N–H and O–H groups in total. The Morgan fingerprint density at radius 3 is 2.72 bits per heavy atom. The van der Waals surface area contributed by atoms with Gasteiger partial charge in [0.05, 0.1) is 6.21 Å². The molecule has 1 aromatic heterocycles. The van der Waals surface area contributed by atoms with E-state index >= 15 is 0 Å². The summed E-state index contributed by atoms with van der Waals surface area (Å²) in [6.07, 6.45) is 1.59. The summed E-state index contributed by atoms with van der Waals surface area (Å²) in [6.45, 7) is 1.75. The molecule has 6 nitrogen and oxygen atoms in total. The van der Waals surface area contributed by atoms with Gasteiger partial charge in [-0.1, -0.05) is 29.8 Å². The van der Waals surface area contributed by atoms with Crippen molar-refractivity contribution in [1.29, 1.82) is 0 Å². The Balaban J connectivity index is 0.00000162. The fourth-order valence-corrected chi connectivity index (χ4v) is 1.37. The molecule has 0 unspecified atom stereocenters. The van der Waals surface area contributed by atoms with E-state index in [1.807, 2.05) is 18.2 Å². The third-order valence-corrected chi connectivity index (χ3v) is 2.48. The number of aromatic nitrogens is 3. The van der Waals surface area contributed by atoms with Crippen molar-refractivity contribution >= 4 is 36.2 Å². The molecule has 2 rings (SSSR count). The molecule has 0 atom stereocenters. The van der Waals surface area contributed by atoms with E-state index in [2.05, 4.69) is 20.7 Å². The first-order chi connectivity index (χ1) is 8.18. The number of hydrogen-bond acceptors (Lipinski definition) is 5. The van der Waals surface area contributed by atoms with E-state index in [-0.39, 0.29) is 12.4 Å². The zero-order chi connectivity index (χ0) is 12.3. The van der Waals surface area contributed by atoms with Crippen molar-refractivity contribution in [2.45, 2.75) is 6.92 Å². The highest BCUT2D eigenvalue weighted by molar-refractivity contribution is 6.33. The lowest BCUT2D eigenvalue weighted by atomic mass is 10.2. The average Bonchev–Trinajstić information content (AvgIpc) is 2.63. The number of nitrogens with two attached hydrogens (primary N) is 1. The molecule has 0 saturated carbocycles. The van der Waals surface area contributed by atoms with E-state index in [9.17, 15) is 0 Å². The molecule has 0 radical (unpaired) electrons. The van der Waals surface area contributed by atoms with Gasteiger partial charge in [0, 0.05) is 10.6 Å². The third-order valence-electron chi connectivity index (χ3n) is 2.14. The summed E-state index contributed by atoms with van der Waals surface area (Å²) < 4.78 is 1.31. The number of aryl methyl sites for hydroxylation is 1. The molecule has 0 aliphatic carbocycles. The van der Waals surface area contributed by atoms with Gasteiger partial charge in [0.25, 0.3) is 5.95 Å². The number of benzene rings is 1. The van der Waals surface area contributed by atoms with Crippen LogP contribution >= 0.6 is 24.0 Å². The van der Waals surface area contributed by atoms with E-state index in [1.54, 1.807) is 19.2 Å². The molecular formula is C10H12Cl2N6. The summed E-state index contributed by atoms with van der Waals surface area (Å²) >= 11 is 5.96. The van der Waals surface area contributed by atoms with Gasteiger partial charge in [0.2, 0.25) is 0 Å². The van der Waals surface area contributed by atoms with Crippen LogP contribution in [-0.2, 0) is 0 Å². The molecule has 2 aromatic rings. The highest BCUT2D eigenvalue weighted by atomic mass is 35.5. The fraction of sp³-hybridized carbons (Fsp3) is 0.100. The Bertz CT molecular complexity index is 551. The third kappa shape index (κ3) is 3.12. The molecule has 0 fully saturated rings. The van der Waals surface area contributed by atoms with Crippen LogP contribution in [0.15, 0.2) is 29.4 Å². The predicted molar refractivity (Wildman–Crippen MR) is 74.8 cm³/mol. The Hall–Kier alpha value is -1.79. The lowest BCUT2D eigenvalue weighted by molar-refractivity contribution is 0.926. The van der Waals surface area contributed by atoms with Crippen molar-refractivity contribution in [1.82, 2.24) is 14.9 Å². The number of hydrogen-bond donors (Lipinski definition) is 2. The molecule has 18 heavy (non-hydrogen) atoms. The highest BCUT2D eigenvalue weighted by Gasteiger charge is 2.02. The highest BCUT2D eigenvalue weighted by Crippen LogP contribution is 2.12. The van der Waals surface area contributed by atoms with Crippen LogP contribution in [0.3, 0.4) is 0 Å². The van der Waals surface area contributed by atoms with E-state index < -0.39 is 0 Å². The first kappa shape index (κ1) is 14.3. The van der Waals surface area contributed by atoms with Gasteiger partial charge in [-0.05, 0) is 13.0 Å². The van der Waals surface area contributed by atoms with Crippen LogP contribution < -0.4 is 11.3 Å². The maximum atomic E-state index is 5.96. The number of anilines is 1. The molecule has 0 spiro atoms. The van der Waals surface area contributed by atoms with Crippen LogP contribution in [0.1, 0.15) is 11.4 Å². The molecule has 0 aliphatic rings. The van der Waals surface area contributed by atoms with E-state index in [4.69, 9.17) is 17.4 Å². The van der Waals surface area contributed by atoms with Crippen LogP contribution in [0.5, 0.6) is 0 Å². The van der Waals surface area contributed by atoms with Crippen molar-refractivity contribution in [2.75, 3.05) is 11.3 Å². The fourth-order valence-electron chi connectivity index (χ4n) is 1.18. The summed E-state index contributed by atoms with van der Waals surface area (Å²) in [5.74, 6) is 6.61. The molecular weight excluding hydrogens is 275 g/mol. The zero-order valence-corrected chi connectivity index (χ0v) is 11.1. The normalized spacial score (nSPS) is 10.3. The van der Waals surface area contributed by atoms with Crippen molar-refractivity contribution in [3.63, 3.8) is 0 Å². The number of nitrogens with one attached hydrogen (secondary N) is 1. The summed E-state index contributed by atoms with van der Waals surface area (Å²) in [5.41, 5.74) is 3.49. The molecule has 0 amide bonds. The van der Waals surface area contributed by atoms with Gasteiger partial charge in [-0.15, -0.1) is 22.6 Å². The minimum absolute atomic E-state index is 0. The van der Waals surface area contributed by atoms with Gasteiger partial charge in [0.15, 0.2) is 5.82 Å². The second kappa shape index (κ2) is 6.23. The van der Waals surface area contributed by atoms with Crippen molar-refractivity contribution in [3.8, 4) is 0 Å².